The number of hydrogen-bond acceptors (Lipinski definition) is 4. The van der Waals surface area contributed by atoms with Gasteiger partial charge in [0.25, 0.3) is 0 Å². The maximum Gasteiger partial charge on any atom is 0.243 e. The normalized spacial score (nSPS) is 11.5. The first kappa shape index (κ1) is 20.9. The Morgan fingerprint density at radius 2 is 2.12 bits per heavy atom. The van der Waals surface area contributed by atoms with Crippen molar-refractivity contribution in [2.45, 2.75) is 19.9 Å². The first-order valence-corrected chi connectivity index (χ1v) is 9.56. The molecule has 6 nitrogen and oxygen atoms in total. The fourth-order valence-corrected chi connectivity index (χ4v) is 3.40. The minimum absolute atomic E-state index is 0.0177. The van der Waals surface area contributed by atoms with Gasteiger partial charge in [0.15, 0.2) is 5.96 Å². The van der Waals surface area contributed by atoms with Crippen molar-refractivity contribution >= 4 is 39.1 Å². The van der Waals surface area contributed by atoms with Crippen LogP contribution in [-0.2, 0) is 16.1 Å². The summed E-state index contributed by atoms with van der Waals surface area (Å²) in [6.45, 7) is 5.07. The Morgan fingerprint density at radius 1 is 1.38 bits per heavy atom. The average Bonchev–Trinajstić information content (AvgIpc) is 2.94. The number of nitrogens with zero attached hydrogens (tertiary/aromatic N) is 3. The molecule has 1 aromatic rings. The second kappa shape index (κ2) is 11.4. The van der Waals surface area contributed by atoms with E-state index in [1.807, 2.05) is 24.9 Å². The zero-order valence-electron chi connectivity index (χ0n) is 14.8. The predicted molar refractivity (Wildman–Crippen MR) is 104 cm³/mol. The highest BCUT2D eigenvalue weighted by atomic mass is 79.9. The summed E-state index contributed by atoms with van der Waals surface area (Å²) < 4.78 is 6.45. The molecule has 0 fully saturated rings. The SMILES string of the molecule is CCOCCCNC(=NCC(=O)N(C)C)N(C)Cc1ccc(Br)s1. The van der Waals surface area contributed by atoms with Crippen LogP contribution in [0.2, 0.25) is 0 Å². The van der Waals surface area contributed by atoms with Crippen LogP contribution in [0.3, 0.4) is 0 Å². The van der Waals surface area contributed by atoms with E-state index in [1.54, 1.807) is 30.3 Å². The molecular formula is C16H27BrN4O2S. The van der Waals surface area contributed by atoms with Gasteiger partial charge in [0, 0.05) is 45.8 Å². The summed E-state index contributed by atoms with van der Waals surface area (Å²) in [7, 11) is 5.45. The fraction of sp³-hybridized carbons (Fsp3) is 0.625. The van der Waals surface area contributed by atoms with Gasteiger partial charge in [-0.1, -0.05) is 0 Å². The van der Waals surface area contributed by atoms with Gasteiger partial charge in [0.2, 0.25) is 5.91 Å². The minimum atomic E-state index is -0.0177. The molecule has 1 rings (SSSR count). The summed E-state index contributed by atoms with van der Waals surface area (Å²) in [6, 6.07) is 4.12. The highest BCUT2D eigenvalue weighted by Crippen LogP contribution is 2.22. The van der Waals surface area contributed by atoms with Crippen molar-refractivity contribution in [1.29, 1.82) is 0 Å². The molecule has 0 aliphatic heterocycles. The first-order valence-electron chi connectivity index (χ1n) is 7.95. The van der Waals surface area contributed by atoms with Crippen molar-refractivity contribution < 1.29 is 9.53 Å². The Morgan fingerprint density at radius 3 is 2.71 bits per heavy atom. The third kappa shape index (κ3) is 8.12. The van der Waals surface area contributed by atoms with Crippen LogP contribution < -0.4 is 5.32 Å². The van der Waals surface area contributed by atoms with Crippen LogP contribution in [0.25, 0.3) is 0 Å². The molecule has 0 saturated heterocycles. The first-order chi connectivity index (χ1) is 11.4. The number of rotatable bonds is 9. The van der Waals surface area contributed by atoms with Crippen LogP contribution in [0.1, 0.15) is 18.2 Å². The largest absolute Gasteiger partial charge is 0.382 e. The van der Waals surface area contributed by atoms with Gasteiger partial charge in [0.1, 0.15) is 6.54 Å². The highest BCUT2D eigenvalue weighted by Gasteiger charge is 2.10. The molecule has 0 bridgehead atoms. The molecule has 0 aromatic carbocycles. The van der Waals surface area contributed by atoms with Gasteiger partial charge in [-0.2, -0.15) is 0 Å². The zero-order chi connectivity index (χ0) is 17.9. The third-order valence-corrected chi connectivity index (χ3v) is 4.81. The molecule has 1 aromatic heterocycles. The Kier molecular flexibility index (Phi) is 9.97. The van der Waals surface area contributed by atoms with Crippen LogP contribution in [0.5, 0.6) is 0 Å². The molecule has 8 heteroatoms. The maximum absolute atomic E-state index is 11.8. The monoisotopic (exact) mass is 418 g/mol. The fourth-order valence-electron chi connectivity index (χ4n) is 1.86. The van der Waals surface area contributed by atoms with Gasteiger partial charge in [-0.15, -0.1) is 11.3 Å². The van der Waals surface area contributed by atoms with Gasteiger partial charge < -0.3 is 19.9 Å². The highest BCUT2D eigenvalue weighted by molar-refractivity contribution is 9.11. The van der Waals surface area contributed by atoms with Crippen LogP contribution in [0.15, 0.2) is 20.9 Å². The smallest absolute Gasteiger partial charge is 0.243 e. The number of nitrogens with one attached hydrogen (secondary N) is 1. The average molecular weight is 419 g/mol. The van der Waals surface area contributed by atoms with E-state index in [9.17, 15) is 4.79 Å². The van der Waals surface area contributed by atoms with E-state index in [0.29, 0.717) is 0 Å². The predicted octanol–water partition coefficient (Wildman–Crippen LogP) is 2.40. The van der Waals surface area contributed by atoms with Crippen molar-refractivity contribution in [2.75, 3.05) is 47.4 Å². The molecular weight excluding hydrogens is 392 g/mol. The van der Waals surface area contributed by atoms with Gasteiger partial charge in [-0.25, -0.2) is 4.99 Å². The molecule has 0 radical (unpaired) electrons. The number of guanidine groups is 1. The second-order valence-electron chi connectivity index (χ2n) is 5.47. The lowest BCUT2D eigenvalue weighted by Crippen LogP contribution is -2.40. The number of carbonyl (C=O) groups excluding carboxylic acids is 1. The number of hydrogen-bond donors (Lipinski definition) is 1. The van der Waals surface area contributed by atoms with E-state index in [2.05, 4.69) is 32.3 Å². The van der Waals surface area contributed by atoms with Crippen LogP contribution in [0, 0.1) is 0 Å². The van der Waals surface area contributed by atoms with Crippen LogP contribution >= 0.6 is 27.3 Å². The Bertz CT molecular complexity index is 534. The molecule has 1 heterocycles. The molecule has 1 amide bonds. The molecule has 0 aliphatic rings. The molecule has 1 N–H and O–H groups in total. The topological polar surface area (TPSA) is 57.2 Å². The summed E-state index contributed by atoms with van der Waals surface area (Å²) in [4.78, 5) is 21.1. The number of thiophene rings is 1. The van der Waals surface area contributed by atoms with Crippen LogP contribution in [0.4, 0.5) is 0 Å². The summed E-state index contributed by atoms with van der Waals surface area (Å²) >= 11 is 5.18. The maximum atomic E-state index is 11.8. The number of ether oxygens (including phenoxy) is 1. The summed E-state index contributed by atoms with van der Waals surface area (Å²) in [6.07, 6.45) is 0.896. The number of aliphatic imine (C=N–C) groups is 1. The number of amides is 1. The van der Waals surface area contributed by atoms with E-state index in [1.165, 1.54) is 4.88 Å². The molecule has 0 atom stereocenters. The zero-order valence-corrected chi connectivity index (χ0v) is 17.2. The van der Waals surface area contributed by atoms with Crippen molar-refractivity contribution in [3.05, 3.63) is 20.8 Å². The lowest BCUT2D eigenvalue weighted by molar-refractivity contribution is -0.127. The molecule has 136 valence electrons. The Balaban J connectivity index is 2.63. The van der Waals surface area contributed by atoms with Crippen LogP contribution in [-0.4, -0.2) is 69.1 Å². The van der Waals surface area contributed by atoms with E-state index < -0.39 is 0 Å². The molecule has 0 saturated carbocycles. The second-order valence-corrected chi connectivity index (χ2v) is 8.01. The van der Waals surface area contributed by atoms with Gasteiger partial charge in [0.05, 0.1) is 10.3 Å². The lowest BCUT2D eigenvalue weighted by atomic mass is 10.4. The standard InChI is InChI=1S/C16H27BrN4O2S/c1-5-23-10-6-9-18-16(19-11-15(22)20(2)3)21(4)12-13-7-8-14(17)24-13/h7-8H,5-6,9-12H2,1-4H3,(H,18,19). The summed E-state index contributed by atoms with van der Waals surface area (Å²) in [5.41, 5.74) is 0. The minimum Gasteiger partial charge on any atom is -0.382 e. The van der Waals surface area contributed by atoms with E-state index in [0.717, 1.165) is 42.5 Å². The van der Waals surface area contributed by atoms with E-state index in [4.69, 9.17) is 4.74 Å². The molecule has 24 heavy (non-hydrogen) atoms. The number of likely N-dealkylation sites (N-methyl/N-ethyl adjacent to an activating group) is 1. The van der Waals surface area contributed by atoms with Gasteiger partial charge >= 0.3 is 0 Å². The summed E-state index contributed by atoms with van der Waals surface area (Å²) in [5.74, 6) is 0.710. The van der Waals surface area contributed by atoms with Gasteiger partial charge in [-0.3, -0.25) is 4.79 Å². The third-order valence-electron chi connectivity index (χ3n) is 3.20. The molecule has 0 aliphatic carbocycles. The molecule has 0 unspecified atom stereocenters. The quantitative estimate of drug-likeness (QED) is 0.380. The van der Waals surface area contributed by atoms with Crippen molar-refractivity contribution in [2.24, 2.45) is 4.99 Å². The Labute approximate surface area is 157 Å². The summed E-state index contributed by atoms with van der Waals surface area (Å²) in [5, 5.41) is 3.32. The van der Waals surface area contributed by atoms with Crippen molar-refractivity contribution in [1.82, 2.24) is 15.1 Å². The van der Waals surface area contributed by atoms with E-state index in [-0.39, 0.29) is 12.5 Å². The Hall–Kier alpha value is -1.12. The lowest BCUT2D eigenvalue weighted by Gasteiger charge is -2.22. The van der Waals surface area contributed by atoms with Crippen molar-refractivity contribution in [3.8, 4) is 0 Å². The number of halogens is 1. The molecule has 0 spiro atoms. The van der Waals surface area contributed by atoms with Gasteiger partial charge in [-0.05, 0) is 41.4 Å². The van der Waals surface area contributed by atoms with E-state index >= 15 is 0 Å². The number of carbonyl (C=O) groups is 1. The van der Waals surface area contributed by atoms with Crippen molar-refractivity contribution in [3.63, 3.8) is 0 Å².